The molecule has 0 aromatic heterocycles. The van der Waals surface area contributed by atoms with Crippen molar-refractivity contribution in [3.63, 3.8) is 0 Å². The SMILES string of the molecule is Cc1ccc(Cl)cc1NC(=O)[C@@H](C)Oc1cccc2c1CCCC2. The van der Waals surface area contributed by atoms with Gasteiger partial charge in [-0.15, -0.1) is 0 Å². The van der Waals surface area contributed by atoms with Gasteiger partial charge in [0, 0.05) is 10.7 Å². The van der Waals surface area contributed by atoms with Crippen molar-refractivity contribution < 1.29 is 9.53 Å². The van der Waals surface area contributed by atoms with Gasteiger partial charge in [-0.3, -0.25) is 4.79 Å². The van der Waals surface area contributed by atoms with Crippen molar-refractivity contribution in [2.24, 2.45) is 0 Å². The summed E-state index contributed by atoms with van der Waals surface area (Å²) in [5, 5.41) is 3.50. The quantitative estimate of drug-likeness (QED) is 0.854. The number of carbonyl (C=O) groups excluding carboxylic acids is 1. The van der Waals surface area contributed by atoms with Crippen molar-refractivity contribution in [3.05, 3.63) is 58.1 Å². The minimum Gasteiger partial charge on any atom is -0.481 e. The van der Waals surface area contributed by atoms with Crippen LogP contribution in [0.2, 0.25) is 5.02 Å². The van der Waals surface area contributed by atoms with Crippen LogP contribution < -0.4 is 10.1 Å². The summed E-state index contributed by atoms with van der Waals surface area (Å²) in [4.78, 5) is 12.5. The Bertz CT molecular complexity index is 757. The van der Waals surface area contributed by atoms with Gasteiger partial charge in [0.15, 0.2) is 6.10 Å². The largest absolute Gasteiger partial charge is 0.481 e. The van der Waals surface area contributed by atoms with Crippen LogP contribution >= 0.6 is 11.6 Å². The number of amides is 1. The van der Waals surface area contributed by atoms with Crippen LogP contribution in [0.1, 0.15) is 36.5 Å². The highest BCUT2D eigenvalue weighted by molar-refractivity contribution is 6.31. The van der Waals surface area contributed by atoms with Crippen LogP contribution in [-0.4, -0.2) is 12.0 Å². The molecule has 0 bridgehead atoms. The van der Waals surface area contributed by atoms with Gasteiger partial charge in [-0.2, -0.15) is 0 Å². The molecule has 126 valence electrons. The minimum atomic E-state index is -0.572. The van der Waals surface area contributed by atoms with Gasteiger partial charge in [-0.1, -0.05) is 29.8 Å². The van der Waals surface area contributed by atoms with E-state index in [2.05, 4.69) is 11.4 Å². The Morgan fingerprint density at radius 1 is 1.21 bits per heavy atom. The fourth-order valence-electron chi connectivity index (χ4n) is 3.06. The number of hydrogen-bond donors (Lipinski definition) is 1. The summed E-state index contributed by atoms with van der Waals surface area (Å²) in [5.74, 6) is 0.659. The van der Waals surface area contributed by atoms with E-state index in [4.69, 9.17) is 16.3 Å². The maximum atomic E-state index is 12.5. The summed E-state index contributed by atoms with van der Waals surface area (Å²) >= 11 is 6.01. The molecule has 1 N–H and O–H groups in total. The number of rotatable bonds is 4. The smallest absolute Gasteiger partial charge is 0.265 e. The summed E-state index contributed by atoms with van der Waals surface area (Å²) in [5.41, 5.74) is 4.29. The van der Waals surface area contributed by atoms with Gasteiger partial charge in [0.25, 0.3) is 5.91 Å². The third-order valence-electron chi connectivity index (χ3n) is 4.48. The average molecular weight is 344 g/mol. The molecule has 1 aliphatic carbocycles. The van der Waals surface area contributed by atoms with E-state index in [-0.39, 0.29) is 5.91 Å². The maximum Gasteiger partial charge on any atom is 0.265 e. The summed E-state index contributed by atoms with van der Waals surface area (Å²) in [7, 11) is 0. The average Bonchev–Trinajstić information content (AvgIpc) is 2.58. The van der Waals surface area contributed by atoms with Gasteiger partial charge < -0.3 is 10.1 Å². The molecule has 0 saturated heterocycles. The highest BCUT2D eigenvalue weighted by Gasteiger charge is 2.20. The van der Waals surface area contributed by atoms with Crippen LogP contribution in [-0.2, 0) is 17.6 Å². The fraction of sp³-hybridized carbons (Fsp3) is 0.350. The predicted octanol–water partition coefficient (Wildman–Crippen LogP) is 4.93. The molecular formula is C20H22ClNO2. The Morgan fingerprint density at radius 3 is 2.83 bits per heavy atom. The minimum absolute atomic E-state index is 0.172. The van der Waals surface area contributed by atoms with Gasteiger partial charge in [-0.05, 0) is 74.4 Å². The first-order chi connectivity index (χ1) is 11.5. The maximum absolute atomic E-state index is 12.5. The Balaban J connectivity index is 1.72. The van der Waals surface area contributed by atoms with Crippen LogP contribution in [0.15, 0.2) is 36.4 Å². The van der Waals surface area contributed by atoms with E-state index in [9.17, 15) is 4.79 Å². The summed E-state index contributed by atoms with van der Waals surface area (Å²) in [6.07, 6.45) is 3.94. The normalized spacial score (nSPS) is 14.6. The lowest BCUT2D eigenvalue weighted by molar-refractivity contribution is -0.122. The van der Waals surface area contributed by atoms with Crippen molar-refractivity contribution in [2.45, 2.75) is 45.6 Å². The number of benzene rings is 2. The van der Waals surface area contributed by atoms with Crippen molar-refractivity contribution >= 4 is 23.2 Å². The third kappa shape index (κ3) is 3.73. The first-order valence-corrected chi connectivity index (χ1v) is 8.77. The molecule has 1 amide bonds. The third-order valence-corrected chi connectivity index (χ3v) is 4.72. The topological polar surface area (TPSA) is 38.3 Å². The highest BCUT2D eigenvalue weighted by Crippen LogP contribution is 2.30. The lowest BCUT2D eigenvalue weighted by atomic mass is 9.91. The summed E-state index contributed by atoms with van der Waals surface area (Å²) in [6.45, 7) is 3.71. The van der Waals surface area contributed by atoms with Gasteiger partial charge in [0.05, 0.1) is 0 Å². The molecule has 0 aliphatic heterocycles. The Labute approximate surface area is 148 Å². The van der Waals surface area contributed by atoms with Crippen molar-refractivity contribution in [3.8, 4) is 5.75 Å². The fourth-order valence-corrected chi connectivity index (χ4v) is 3.24. The number of aryl methyl sites for hydroxylation is 2. The number of halogens is 1. The molecule has 0 radical (unpaired) electrons. The number of hydrogen-bond acceptors (Lipinski definition) is 2. The molecule has 4 heteroatoms. The Kier molecular flexibility index (Phi) is 5.10. The van der Waals surface area contributed by atoms with E-state index < -0.39 is 6.10 Å². The summed E-state index contributed by atoms with van der Waals surface area (Å²) < 4.78 is 5.97. The first kappa shape index (κ1) is 16.8. The Morgan fingerprint density at radius 2 is 2.00 bits per heavy atom. The molecule has 0 heterocycles. The number of fused-ring (bicyclic) bond motifs is 1. The standard InChI is InChI=1S/C20H22ClNO2/c1-13-10-11-16(21)12-18(13)22-20(23)14(2)24-19-9-5-7-15-6-3-4-8-17(15)19/h5,7,9-12,14H,3-4,6,8H2,1-2H3,(H,22,23)/t14-/m1/s1. The van der Waals surface area contributed by atoms with Gasteiger partial charge in [0.2, 0.25) is 0 Å². The lowest BCUT2D eigenvalue weighted by Gasteiger charge is -2.22. The van der Waals surface area contributed by atoms with E-state index in [1.165, 1.54) is 24.0 Å². The second-order valence-corrected chi connectivity index (χ2v) is 6.75. The second kappa shape index (κ2) is 7.27. The first-order valence-electron chi connectivity index (χ1n) is 8.39. The monoisotopic (exact) mass is 343 g/mol. The number of carbonyl (C=O) groups is 1. The molecule has 2 aromatic carbocycles. The van der Waals surface area contributed by atoms with Gasteiger partial charge in [0.1, 0.15) is 5.75 Å². The van der Waals surface area contributed by atoms with E-state index in [0.29, 0.717) is 5.02 Å². The van der Waals surface area contributed by atoms with Gasteiger partial charge in [-0.25, -0.2) is 0 Å². The van der Waals surface area contributed by atoms with Crippen LogP contribution in [0.4, 0.5) is 5.69 Å². The number of ether oxygens (including phenoxy) is 1. The molecule has 1 atom stereocenters. The molecule has 0 fully saturated rings. The zero-order valence-electron chi connectivity index (χ0n) is 14.1. The zero-order chi connectivity index (χ0) is 17.1. The molecule has 3 nitrogen and oxygen atoms in total. The van der Waals surface area contributed by atoms with Crippen LogP contribution in [0, 0.1) is 6.92 Å². The molecule has 0 saturated carbocycles. The van der Waals surface area contributed by atoms with E-state index >= 15 is 0 Å². The molecular weight excluding hydrogens is 322 g/mol. The van der Waals surface area contributed by atoms with Crippen LogP contribution in [0.25, 0.3) is 0 Å². The highest BCUT2D eigenvalue weighted by atomic mass is 35.5. The van der Waals surface area contributed by atoms with E-state index in [1.54, 1.807) is 13.0 Å². The number of nitrogens with one attached hydrogen (secondary N) is 1. The van der Waals surface area contributed by atoms with Crippen molar-refractivity contribution in [2.75, 3.05) is 5.32 Å². The molecule has 0 spiro atoms. The Hall–Kier alpha value is -2.00. The van der Waals surface area contributed by atoms with Crippen LogP contribution in [0.3, 0.4) is 0 Å². The second-order valence-electron chi connectivity index (χ2n) is 6.31. The molecule has 2 aromatic rings. The molecule has 0 unspecified atom stereocenters. The lowest BCUT2D eigenvalue weighted by Crippen LogP contribution is -2.30. The molecule has 1 aliphatic rings. The van der Waals surface area contributed by atoms with E-state index in [0.717, 1.165) is 29.8 Å². The molecule has 24 heavy (non-hydrogen) atoms. The van der Waals surface area contributed by atoms with Crippen molar-refractivity contribution in [1.82, 2.24) is 0 Å². The predicted molar refractivity (Wildman–Crippen MR) is 98.0 cm³/mol. The van der Waals surface area contributed by atoms with Gasteiger partial charge >= 0.3 is 0 Å². The van der Waals surface area contributed by atoms with Crippen LogP contribution in [0.5, 0.6) is 5.75 Å². The van der Waals surface area contributed by atoms with E-state index in [1.807, 2.05) is 31.2 Å². The molecule has 3 rings (SSSR count). The number of anilines is 1. The van der Waals surface area contributed by atoms with Crippen molar-refractivity contribution in [1.29, 1.82) is 0 Å². The summed E-state index contributed by atoms with van der Waals surface area (Å²) in [6, 6.07) is 11.6. The zero-order valence-corrected chi connectivity index (χ0v) is 14.8.